The van der Waals surface area contributed by atoms with Gasteiger partial charge in [-0.1, -0.05) is 36.4 Å². The number of aromatic hydroxyl groups is 2. The van der Waals surface area contributed by atoms with Gasteiger partial charge in [-0.3, -0.25) is 0 Å². The lowest BCUT2D eigenvalue weighted by atomic mass is 9.41. The monoisotopic (exact) mass is 534 g/mol. The van der Waals surface area contributed by atoms with Crippen LogP contribution in [-0.2, 0) is 10.8 Å². The maximum atomic E-state index is 10.2. The third-order valence-corrected chi connectivity index (χ3v) is 9.44. The fourth-order valence-corrected chi connectivity index (χ4v) is 8.31. The van der Waals surface area contributed by atoms with Crippen molar-refractivity contribution in [2.24, 2.45) is 11.8 Å². The summed E-state index contributed by atoms with van der Waals surface area (Å²) in [6, 6.07) is 26.9. The van der Waals surface area contributed by atoms with Crippen LogP contribution in [0.15, 0.2) is 84.9 Å². The van der Waals surface area contributed by atoms with E-state index in [1.807, 2.05) is 24.3 Å². The smallest absolute Gasteiger partial charge is 0.142 e. The third-order valence-electron chi connectivity index (χ3n) is 9.44. The van der Waals surface area contributed by atoms with Crippen molar-refractivity contribution < 1.29 is 19.7 Å². The number of phenols is 2. The largest absolute Gasteiger partial charge is 0.506 e. The Labute approximate surface area is 234 Å². The minimum absolute atomic E-state index is 0.0108. The summed E-state index contributed by atoms with van der Waals surface area (Å²) in [6.45, 7) is 0. The molecule has 0 radical (unpaired) electrons. The molecule has 204 valence electrons. The van der Waals surface area contributed by atoms with Crippen molar-refractivity contribution in [3.05, 3.63) is 96.1 Å². The Morgan fingerprint density at radius 1 is 0.600 bits per heavy atom. The minimum atomic E-state index is -0.0108. The van der Waals surface area contributed by atoms with Crippen LogP contribution in [-0.4, -0.2) is 10.2 Å². The van der Waals surface area contributed by atoms with Gasteiger partial charge in [0.2, 0.25) is 0 Å². The van der Waals surface area contributed by atoms with Crippen LogP contribution in [0.4, 0.5) is 11.4 Å². The molecule has 0 spiro atoms. The maximum absolute atomic E-state index is 10.2. The van der Waals surface area contributed by atoms with Gasteiger partial charge in [-0.25, -0.2) is 0 Å². The molecule has 0 amide bonds. The molecule has 0 unspecified atom stereocenters. The second-order valence-corrected chi connectivity index (χ2v) is 12.2. The van der Waals surface area contributed by atoms with E-state index in [0.717, 1.165) is 43.6 Å². The molecule has 0 saturated heterocycles. The van der Waals surface area contributed by atoms with Gasteiger partial charge in [0.15, 0.2) is 0 Å². The third kappa shape index (κ3) is 4.10. The van der Waals surface area contributed by atoms with Crippen LogP contribution >= 0.6 is 0 Å². The van der Waals surface area contributed by atoms with E-state index in [2.05, 4.69) is 24.3 Å². The molecule has 0 atom stereocenters. The van der Waals surface area contributed by atoms with Crippen LogP contribution in [0.1, 0.15) is 49.7 Å². The Bertz CT molecular complexity index is 1470. The fraction of sp³-hybridized carbons (Fsp3) is 0.294. The zero-order valence-electron chi connectivity index (χ0n) is 22.3. The molecule has 6 N–H and O–H groups in total. The molecule has 4 saturated carbocycles. The molecule has 4 bridgehead atoms. The summed E-state index contributed by atoms with van der Waals surface area (Å²) in [5.74, 6) is 4.13. The summed E-state index contributed by atoms with van der Waals surface area (Å²) in [6.07, 6.45) is 6.88. The Morgan fingerprint density at radius 3 is 1.45 bits per heavy atom. The maximum Gasteiger partial charge on any atom is 0.142 e. The van der Waals surface area contributed by atoms with E-state index in [-0.39, 0.29) is 22.3 Å². The Morgan fingerprint density at radius 2 is 1.02 bits per heavy atom. The summed E-state index contributed by atoms with van der Waals surface area (Å²) in [5.41, 5.74) is 14.8. The van der Waals surface area contributed by atoms with E-state index in [9.17, 15) is 10.2 Å². The number of rotatable bonds is 6. The van der Waals surface area contributed by atoms with Gasteiger partial charge in [0.05, 0.1) is 11.4 Å². The summed E-state index contributed by atoms with van der Waals surface area (Å²) in [7, 11) is 0. The topological polar surface area (TPSA) is 111 Å². The van der Waals surface area contributed by atoms with E-state index < -0.39 is 0 Å². The lowest BCUT2D eigenvalue weighted by Gasteiger charge is -2.63. The molecular formula is C34H34N2O4. The highest BCUT2D eigenvalue weighted by Crippen LogP contribution is 2.68. The van der Waals surface area contributed by atoms with Crippen LogP contribution in [0.25, 0.3) is 0 Å². The number of hydrogen-bond acceptors (Lipinski definition) is 6. The summed E-state index contributed by atoms with van der Waals surface area (Å²) >= 11 is 0. The zero-order valence-corrected chi connectivity index (χ0v) is 22.3. The highest BCUT2D eigenvalue weighted by molar-refractivity contribution is 5.57. The standard InChI is InChI=1S/C34H34N2O4/c35-27-11-9-23(14-29(27)37)39-31-7-3-1-5-25(31)33-16-21-13-22(17-33)19-34(18-21,20-33)26-6-2-4-8-32(26)40-24-10-12-28(36)30(38)15-24/h1-12,14-15,21-22,37-38H,13,16-20,35-36H2. The average molecular weight is 535 g/mol. The molecular weight excluding hydrogens is 500 g/mol. The summed E-state index contributed by atoms with van der Waals surface area (Å²) < 4.78 is 12.8. The van der Waals surface area contributed by atoms with Gasteiger partial charge in [0, 0.05) is 34.1 Å². The first kappa shape index (κ1) is 24.7. The summed E-state index contributed by atoms with van der Waals surface area (Å²) in [4.78, 5) is 0. The molecule has 8 rings (SSSR count). The Balaban J connectivity index is 1.27. The van der Waals surface area contributed by atoms with Crippen LogP contribution in [0.2, 0.25) is 0 Å². The predicted octanol–water partition coefficient (Wildman–Crippen LogP) is 7.64. The van der Waals surface area contributed by atoms with E-state index >= 15 is 0 Å². The van der Waals surface area contributed by atoms with Crippen LogP contribution in [0.3, 0.4) is 0 Å². The van der Waals surface area contributed by atoms with Gasteiger partial charge >= 0.3 is 0 Å². The lowest BCUT2D eigenvalue weighted by Crippen LogP contribution is -2.56. The molecule has 0 aromatic heterocycles. The zero-order chi connectivity index (χ0) is 27.5. The molecule has 4 fully saturated rings. The van der Waals surface area contributed by atoms with Crippen molar-refractivity contribution in [1.82, 2.24) is 0 Å². The van der Waals surface area contributed by atoms with Crippen LogP contribution in [0.5, 0.6) is 34.5 Å². The van der Waals surface area contributed by atoms with Crippen molar-refractivity contribution in [1.29, 1.82) is 0 Å². The van der Waals surface area contributed by atoms with Crippen molar-refractivity contribution in [3.8, 4) is 34.5 Å². The SMILES string of the molecule is Nc1ccc(Oc2ccccc2C23CC4CC(C2)CC(c2ccccc2Oc2ccc(N)c(O)c2)(C4)C3)cc1O. The van der Waals surface area contributed by atoms with Crippen molar-refractivity contribution >= 4 is 11.4 Å². The van der Waals surface area contributed by atoms with Gasteiger partial charge in [-0.2, -0.15) is 0 Å². The van der Waals surface area contributed by atoms with Crippen LogP contribution < -0.4 is 20.9 Å². The first-order valence-electron chi connectivity index (χ1n) is 14.0. The number of hydrogen-bond donors (Lipinski definition) is 4. The van der Waals surface area contributed by atoms with Gasteiger partial charge in [0.1, 0.15) is 34.5 Å². The van der Waals surface area contributed by atoms with E-state index in [1.54, 1.807) is 36.4 Å². The lowest BCUT2D eigenvalue weighted by molar-refractivity contribution is -0.0294. The van der Waals surface area contributed by atoms with Gasteiger partial charge in [0.25, 0.3) is 0 Å². The molecule has 0 heterocycles. The Kier molecular flexibility index (Phi) is 5.63. The number of nitrogen functional groups attached to an aromatic ring is 2. The number of anilines is 2. The molecule has 4 aromatic carbocycles. The molecule has 6 nitrogen and oxygen atoms in total. The highest BCUT2D eigenvalue weighted by atomic mass is 16.5. The minimum Gasteiger partial charge on any atom is -0.506 e. The Hall–Kier alpha value is -4.32. The molecule has 4 aliphatic rings. The van der Waals surface area contributed by atoms with E-state index in [0.29, 0.717) is 34.7 Å². The molecule has 4 aromatic rings. The first-order valence-corrected chi connectivity index (χ1v) is 14.0. The molecule has 40 heavy (non-hydrogen) atoms. The van der Waals surface area contributed by atoms with Crippen molar-refractivity contribution in [2.75, 3.05) is 11.5 Å². The second kappa shape index (κ2) is 9.12. The number of benzene rings is 4. The van der Waals surface area contributed by atoms with E-state index in [4.69, 9.17) is 20.9 Å². The quantitative estimate of drug-likeness (QED) is 0.149. The normalized spacial score (nSPS) is 26.5. The summed E-state index contributed by atoms with van der Waals surface area (Å²) in [5, 5.41) is 20.3. The van der Waals surface area contributed by atoms with Gasteiger partial charge in [-0.15, -0.1) is 0 Å². The fourth-order valence-electron chi connectivity index (χ4n) is 8.31. The highest BCUT2D eigenvalue weighted by Gasteiger charge is 2.59. The molecule has 4 aliphatic carbocycles. The van der Waals surface area contributed by atoms with Crippen molar-refractivity contribution in [2.45, 2.75) is 49.4 Å². The number of phenolic OH excluding ortho intramolecular Hbond substituents is 2. The number of para-hydroxylation sites is 2. The van der Waals surface area contributed by atoms with Crippen LogP contribution in [0, 0.1) is 11.8 Å². The predicted molar refractivity (Wildman–Crippen MR) is 156 cm³/mol. The first-order chi connectivity index (χ1) is 19.3. The van der Waals surface area contributed by atoms with Gasteiger partial charge < -0.3 is 31.2 Å². The van der Waals surface area contributed by atoms with Gasteiger partial charge in [-0.05, 0) is 86.8 Å². The number of ether oxygens (including phenoxy) is 2. The molecule has 6 heteroatoms. The van der Waals surface area contributed by atoms with Crippen molar-refractivity contribution in [3.63, 3.8) is 0 Å². The van der Waals surface area contributed by atoms with E-state index in [1.165, 1.54) is 17.5 Å². The number of nitrogens with two attached hydrogens (primary N) is 2. The molecule has 0 aliphatic heterocycles. The average Bonchev–Trinajstić information content (AvgIpc) is 2.93. The second-order valence-electron chi connectivity index (χ2n) is 12.2.